The van der Waals surface area contributed by atoms with E-state index in [1.807, 2.05) is 11.8 Å². The summed E-state index contributed by atoms with van der Waals surface area (Å²) in [6.45, 7) is 6.89. The van der Waals surface area contributed by atoms with Crippen molar-refractivity contribution in [3.8, 4) is 0 Å². The van der Waals surface area contributed by atoms with Crippen LogP contribution in [0, 0.1) is 5.92 Å². The van der Waals surface area contributed by atoms with Crippen LogP contribution in [0.5, 0.6) is 0 Å². The Morgan fingerprint density at radius 2 is 1.85 bits per heavy atom. The zero-order valence-electron chi connectivity index (χ0n) is 20.5. The van der Waals surface area contributed by atoms with E-state index in [4.69, 9.17) is 4.98 Å². The van der Waals surface area contributed by atoms with Crippen molar-refractivity contribution >= 4 is 22.8 Å². The monoisotopic (exact) mass is 453 g/mol. The molecular formula is C26H39N5O2. The number of carbonyl (C=O) groups excluding carboxylic acids is 2. The van der Waals surface area contributed by atoms with Crippen LogP contribution < -0.4 is 10.6 Å². The van der Waals surface area contributed by atoms with E-state index in [0.717, 1.165) is 55.4 Å². The summed E-state index contributed by atoms with van der Waals surface area (Å²) in [7, 11) is 1.77. The molecule has 2 heterocycles. The van der Waals surface area contributed by atoms with Crippen LogP contribution in [-0.2, 0) is 9.59 Å². The number of nitrogens with one attached hydrogen (secondary N) is 3. The maximum absolute atomic E-state index is 13.9. The van der Waals surface area contributed by atoms with E-state index >= 15 is 0 Å². The number of nitrogens with zero attached hydrogens (tertiary/aromatic N) is 2. The molecule has 33 heavy (non-hydrogen) atoms. The zero-order valence-corrected chi connectivity index (χ0v) is 20.5. The number of amides is 2. The lowest BCUT2D eigenvalue weighted by Crippen LogP contribution is -2.55. The fourth-order valence-electron chi connectivity index (χ4n) is 5.45. The zero-order chi connectivity index (χ0) is 23.5. The molecule has 4 rings (SSSR count). The van der Waals surface area contributed by atoms with Crippen molar-refractivity contribution in [2.75, 3.05) is 13.6 Å². The summed E-state index contributed by atoms with van der Waals surface area (Å²) in [6.07, 6.45) is 7.27. The summed E-state index contributed by atoms with van der Waals surface area (Å²) in [5.74, 6) is 1.38. The summed E-state index contributed by atoms with van der Waals surface area (Å²) in [4.78, 5) is 37.1. The molecule has 0 radical (unpaired) electrons. The first-order chi connectivity index (χ1) is 15.9. The molecule has 7 heteroatoms. The summed E-state index contributed by atoms with van der Waals surface area (Å²) >= 11 is 0. The van der Waals surface area contributed by atoms with Gasteiger partial charge in [0.15, 0.2) is 0 Å². The molecule has 2 aliphatic rings. The summed E-state index contributed by atoms with van der Waals surface area (Å²) in [5.41, 5.74) is 3.25. The molecule has 3 atom stereocenters. The fraction of sp³-hybridized carbons (Fsp3) is 0.654. The molecule has 0 spiro atoms. The van der Waals surface area contributed by atoms with Crippen LogP contribution in [0.3, 0.4) is 0 Å². The van der Waals surface area contributed by atoms with Gasteiger partial charge >= 0.3 is 0 Å². The van der Waals surface area contributed by atoms with E-state index in [1.54, 1.807) is 7.05 Å². The van der Waals surface area contributed by atoms with Gasteiger partial charge < -0.3 is 20.5 Å². The molecule has 0 unspecified atom stereocenters. The van der Waals surface area contributed by atoms with E-state index in [1.165, 1.54) is 12.0 Å². The van der Waals surface area contributed by atoms with Crippen molar-refractivity contribution in [1.29, 1.82) is 0 Å². The number of hydrogen-bond acceptors (Lipinski definition) is 4. The SMILES string of the molecule is CN[C@@H](C)C(=O)N[C@H](C(=O)N1CCC[C@@H]1c1nc2c(C(C)C)cccc2[nH]1)C1CCCCC1. The highest BCUT2D eigenvalue weighted by Crippen LogP contribution is 2.35. The Labute approximate surface area is 197 Å². The minimum absolute atomic E-state index is 0.0468. The Bertz CT molecular complexity index is 978. The van der Waals surface area contributed by atoms with Gasteiger partial charge in [-0.15, -0.1) is 0 Å². The van der Waals surface area contributed by atoms with Crippen molar-refractivity contribution in [2.24, 2.45) is 5.92 Å². The highest BCUT2D eigenvalue weighted by Gasteiger charge is 2.40. The van der Waals surface area contributed by atoms with Gasteiger partial charge in [-0.3, -0.25) is 9.59 Å². The van der Waals surface area contributed by atoms with Gasteiger partial charge in [-0.2, -0.15) is 0 Å². The molecule has 1 saturated carbocycles. The Balaban J connectivity index is 1.61. The average Bonchev–Trinajstić information content (AvgIpc) is 3.48. The maximum atomic E-state index is 13.9. The smallest absolute Gasteiger partial charge is 0.246 e. The number of rotatable bonds is 7. The molecule has 0 bridgehead atoms. The first kappa shape index (κ1) is 23.7. The first-order valence-electron chi connectivity index (χ1n) is 12.7. The van der Waals surface area contributed by atoms with E-state index in [2.05, 4.69) is 47.7 Å². The molecule has 2 amide bonds. The van der Waals surface area contributed by atoms with Crippen LogP contribution >= 0.6 is 0 Å². The largest absolute Gasteiger partial charge is 0.343 e. The lowest BCUT2D eigenvalue weighted by atomic mass is 9.83. The van der Waals surface area contributed by atoms with Gasteiger partial charge in [0.1, 0.15) is 11.9 Å². The Morgan fingerprint density at radius 1 is 1.09 bits per heavy atom. The molecule has 1 saturated heterocycles. The quantitative estimate of drug-likeness (QED) is 0.591. The number of fused-ring (bicyclic) bond motifs is 1. The summed E-state index contributed by atoms with van der Waals surface area (Å²) in [6, 6.07) is 5.38. The third-order valence-electron chi connectivity index (χ3n) is 7.55. The molecule has 2 aromatic rings. The van der Waals surface area contributed by atoms with E-state index < -0.39 is 6.04 Å². The maximum Gasteiger partial charge on any atom is 0.246 e. The van der Waals surface area contributed by atoms with Crippen molar-refractivity contribution in [2.45, 2.75) is 89.8 Å². The highest BCUT2D eigenvalue weighted by molar-refractivity contribution is 5.90. The summed E-state index contributed by atoms with van der Waals surface area (Å²) < 4.78 is 0. The summed E-state index contributed by atoms with van der Waals surface area (Å²) in [5, 5.41) is 6.11. The molecule has 1 aromatic carbocycles. The van der Waals surface area contributed by atoms with E-state index in [0.29, 0.717) is 12.5 Å². The number of aromatic nitrogens is 2. The minimum Gasteiger partial charge on any atom is -0.343 e. The van der Waals surface area contributed by atoms with Crippen LogP contribution in [0.4, 0.5) is 0 Å². The highest BCUT2D eigenvalue weighted by atomic mass is 16.2. The molecule has 7 nitrogen and oxygen atoms in total. The van der Waals surface area contributed by atoms with Gasteiger partial charge in [0, 0.05) is 6.54 Å². The second-order valence-electron chi connectivity index (χ2n) is 10.1. The predicted octanol–water partition coefficient (Wildman–Crippen LogP) is 4.02. The lowest BCUT2D eigenvalue weighted by molar-refractivity contribution is -0.139. The van der Waals surface area contributed by atoms with Crippen molar-refractivity contribution in [3.63, 3.8) is 0 Å². The van der Waals surface area contributed by atoms with Gasteiger partial charge in [0.05, 0.1) is 23.1 Å². The first-order valence-corrected chi connectivity index (χ1v) is 12.7. The lowest BCUT2D eigenvalue weighted by Gasteiger charge is -2.35. The van der Waals surface area contributed by atoms with Gasteiger partial charge in [-0.1, -0.05) is 45.2 Å². The van der Waals surface area contributed by atoms with Gasteiger partial charge in [0.2, 0.25) is 11.8 Å². The molecule has 180 valence electrons. The number of likely N-dealkylation sites (N-methyl/N-ethyl adjacent to an activating group) is 1. The standard InChI is InChI=1S/C26H39N5O2/c1-16(2)19-12-8-13-20-23(19)29-24(28-20)21-14-9-15-31(21)26(33)22(18-10-6-5-7-11-18)30-25(32)17(3)27-4/h8,12-13,16-18,21-22,27H,5-7,9-11,14-15H2,1-4H3,(H,28,29)(H,30,32)/t17-,21+,22-/m0/s1. The fourth-order valence-corrected chi connectivity index (χ4v) is 5.45. The number of benzene rings is 1. The van der Waals surface area contributed by atoms with Crippen LogP contribution in [0.1, 0.15) is 89.1 Å². The van der Waals surface area contributed by atoms with Crippen LogP contribution in [-0.4, -0.2) is 52.4 Å². The van der Waals surface area contributed by atoms with Gasteiger partial charge in [-0.05, 0) is 63.1 Å². The van der Waals surface area contributed by atoms with Crippen LogP contribution in [0.2, 0.25) is 0 Å². The van der Waals surface area contributed by atoms with Crippen LogP contribution in [0.15, 0.2) is 18.2 Å². The van der Waals surface area contributed by atoms with Gasteiger partial charge in [-0.25, -0.2) is 4.98 Å². The van der Waals surface area contributed by atoms with E-state index in [-0.39, 0.29) is 29.8 Å². The van der Waals surface area contributed by atoms with Crippen molar-refractivity contribution in [1.82, 2.24) is 25.5 Å². The molecule has 1 aliphatic heterocycles. The topological polar surface area (TPSA) is 90.1 Å². The van der Waals surface area contributed by atoms with Gasteiger partial charge in [0.25, 0.3) is 0 Å². The number of H-pyrrole nitrogens is 1. The number of carbonyl (C=O) groups is 2. The Hall–Kier alpha value is -2.41. The number of hydrogen-bond donors (Lipinski definition) is 3. The number of aromatic amines is 1. The Morgan fingerprint density at radius 3 is 2.55 bits per heavy atom. The van der Waals surface area contributed by atoms with E-state index in [9.17, 15) is 9.59 Å². The third kappa shape index (κ3) is 4.93. The number of imidazole rings is 1. The number of likely N-dealkylation sites (tertiary alicyclic amines) is 1. The van der Waals surface area contributed by atoms with Crippen LogP contribution in [0.25, 0.3) is 11.0 Å². The average molecular weight is 454 g/mol. The normalized spacial score (nSPS) is 21.5. The molecular weight excluding hydrogens is 414 g/mol. The Kier molecular flexibility index (Phi) is 7.37. The molecule has 2 fully saturated rings. The van der Waals surface area contributed by atoms with Crippen molar-refractivity contribution in [3.05, 3.63) is 29.6 Å². The molecule has 3 N–H and O–H groups in total. The molecule has 1 aromatic heterocycles. The molecule has 1 aliphatic carbocycles. The second-order valence-corrected chi connectivity index (χ2v) is 10.1. The minimum atomic E-state index is -0.468. The second kappa shape index (κ2) is 10.2. The number of para-hydroxylation sites is 1. The predicted molar refractivity (Wildman–Crippen MR) is 131 cm³/mol. The third-order valence-corrected chi connectivity index (χ3v) is 7.55. The van der Waals surface area contributed by atoms with Crippen molar-refractivity contribution < 1.29 is 9.59 Å².